The molecule has 1 nitrogen and oxygen atoms in total. The van der Waals surface area contributed by atoms with Gasteiger partial charge in [-0.15, -0.1) is 0 Å². The third-order valence-corrected chi connectivity index (χ3v) is 2.74. The maximum Gasteiger partial charge on any atom is 0.0547 e. The number of thiol groups is 1. The lowest BCUT2D eigenvalue weighted by atomic mass is 10.1. The van der Waals surface area contributed by atoms with Crippen LogP contribution in [0.4, 0.5) is 0 Å². The molecule has 0 saturated carbocycles. The summed E-state index contributed by atoms with van der Waals surface area (Å²) in [7, 11) is 0. The molecule has 86 valence electrons. The van der Waals surface area contributed by atoms with Crippen LogP contribution in [-0.2, 0) is 4.74 Å². The van der Waals surface area contributed by atoms with Gasteiger partial charge in [0.25, 0.3) is 0 Å². The van der Waals surface area contributed by atoms with Gasteiger partial charge in [0.2, 0.25) is 0 Å². The smallest absolute Gasteiger partial charge is 0.0547 e. The van der Waals surface area contributed by atoms with Crippen LogP contribution in [0.2, 0.25) is 0 Å². The molecule has 14 heavy (non-hydrogen) atoms. The van der Waals surface area contributed by atoms with Crippen molar-refractivity contribution < 1.29 is 4.74 Å². The van der Waals surface area contributed by atoms with Crippen LogP contribution in [-0.4, -0.2) is 18.5 Å². The zero-order valence-corrected chi connectivity index (χ0v) is 10.7. The fourth-order valence-electron chi connectivity index (χ4n) is 1.44. The molecule has 1 atom stereocenters. The summed E-state index contributed by atoms with van der Waals surface area (Å²) in [5.41, 5.74) is 0. The third-order valence-electron chi connectivity index (χ3n) is 2.42. The number of hydrogen-bond donors (Lipinski definition) is 1. The Hall–Kier alpha value is 0.310. The summed E-state index contributed by atoms with van der Waals surface area (Å²) in [6, 6.07) is 0. The highest BCUT2D eigenvalue weighted by Crippen LogP contribution is 2.08. The highest BCUT2D eigenvalue weighted by Gasteiger charge is 2.00. The highest BCUT2D eigenvalue weighted by molar-refractivity contribution is 7.80. The standard InChI is InChI=1S/C12H26OS/c1-3-4-5-6-9-12(2)13-10-7-8-11-14/h12,14H,3-11H2,1-2H3. The number of rotatable bonds is 10. The summed E-state index contributed by atoms with van der Waals surface area (Å²) in [5, 5.41) is 0. The van der Waals surface area contributed by atoms with Gasteiger partial charge in [-0.3, -0.25) is 0 Å². The second kappa shape index (κ2) is 11.4. The molecule has 0 aromatic carbocycles. The maximum atomic E-state index is 5.69. The summed E-state index contributed by atoms with van der Waals surface area (Å²) in [4.78, 5) is 0. The Labute approximate surface area is 95.0 Å². The van der Waals surface area contributed by atoms with Gasteiger partial charge in [-0.2, -0.15) is 12.6 Å². The Balaban J connectivity index is 3.07. The predicted molar refractivity (Wildman–Crippen MR) is 67.3 cm³/mol. The number of unbranched alkanes of at least 4 members (excludes halogenated alkanes) is 4. The van der Waals surface area contributed by atoms with Crippen LogP contribution in [0.3, 0.4) is 0 Å². The fraction of sp³-hybridized carbons (Fsp3) is 1.00. The third kappa shape index (κ3) is 10.4. The molecule has 0 spiro atoms. The monoisotopic (exact) mass is 218 g/mol. The summed E-state index contributed by atoms with van der Waals surface area (Å²) >= 11 is 4.17. The minimum absolute atomic E-state index is 0.451. The minimum Gasteiger partial charge on any atom is -0.379 e. The Kier molecular flexibility index (Phi) is 11.6. The first-order valence-corrected chi connectivity index (χ1v) is 6.67. The molecule has 0 aliphatic heterocycles. The lowest BCUT2D eigenvalue weighted by Crippen LogP contribution is -2.09. The Bertz CT molecular complexity index is 94.5. The zero-order valence-electron chi connectivity index (χ0n) is 9.80. The van der Waals surface area contributed by atoms with Gasteiger partial charge in [-0.25, -0.2) is 0 Å². The molecule has 0 amide bonds. The molecule has 0 radical (unpaired) electrons. The van der Waals surface area contributed by atoms with E-state index in [1.54, 1.807) is 0 Å². The molecular weight excluding hydrogens is 192 g/mol. The minimum atomic E-state index is 0.451. The molecule has 0 aliphatic rings. The van der Waals surface area contributed by atoms with Gasteiger partial charge in [-0.1, -0.05) is 32.6 Å². The molecule has 0 aromatic rings. The van der Waals surface area contributed by atoms with E-state index in [0.717, 1.165) is 18.8 Å². The summed E-state index contributed by atoms with van der Waals surface area (Å²) < 4.78 is 5.69. The van der Waals surface area contributed by atoms with E-state index in [9.17, 15) is 0 Å². The molecule has 0 fully saturated rings. The van der Waals surface area contributed by atoms with Crippen molar-refractivity contribution in [2.24, 2.45) is 0 Å². The van der Waals surface area contributed by atoms with E-state index in [0.29, 0.717) is 6.10 Å². The lowest BCUT2D eigenvalue weighted by Gasteiger charge is -2.12. The second-order valence-corrected chi connectivity index (χ2v) is 4.41. The van der Waals surface area contributed by atoms with Crippen molar-refractivity contribution in [3.05, 3.63) is 0 Å². The average Bonchev–Trinajstić information content (AvgIpc) is 2.19. The first-order valence-electron chi connectivity index (χ1n) is 6.03. The van der Waals surface area contributed by atoms with E-state index in [4.69, 9.17) is 4.74 Å². The fourth-order valence-corrected chi connectivity index (χ4v) is 1.66. The molecule has 0 bridgehead atoms. The van der Waals surface area contributed by atoms with Crippen LogP contribution < -0.4 is 0 Å². The van der Waals surface area contributed by atoms with Crippen molar-refractivity contribution in [3.63, 3.8) is 0 Å². The van der Waals surface area contributed by atoms with E-state index >= 15 is 0 Å². The van der Waals surface area contributed by atoms with Crippen LogP contribution in [0, 0.1) is 0 Å². The topological polar surface area (TPSA) is 9.23 Å². The van der Waals surface area contributed by atoms with Crippen LogP contribution in [0.1, 0.15) is 58.8 Å². The number of hydrogen-bond acceptors (Lipinski definition) is 2. The molecule has 0 aliphatic carbocycles. The Morgan fingerprint density at radius 2 is 1.86 bits per heavy atom. The largest absolute Gasteiger partial charge is 0.379 e. The SMILES string of the molecule is CCCCCCC(C)OCCCCS. The normalized spacial score (nSPS) is 13.1. The first kappa shape index (κ1) is 14.3. The second-order valence-electron chi connectivity index (χ2n) is 3.96. The first-order chi connectivity index (χ1) is 6.81. The summed E-state index contributed by atoms with van der Waals surface area (Å²) in [5.74, 6) is 0.980. The Morgan fingerprint density at radius 1 is 1.07 bits per heavy atom. The molecule has 0 heterocycles. The van der Waals surface area contributed by atoms with Gasteiger partial charge < -0.3 is 4.74 Å². The van der Waals surface area contributed by atoms with Crippen molar-refractivity contribution in [3.8, 4) is 0 Å². The van der Waals surface area contributed by atoms with Gasteiger partial charge >= 0.3 is 0 Å². The molecule has 0 N–H and O–H groups in total. The van der Waals surface area contributed by atoms with Crippen LogP contribution in [0.5, 0.6) is 0 Å². The van der Waals surface area contributed by atoms with Gasteiger partial charge in [0.1, 0.15) is 0 Å². The van der Waals surface area contributed by atoms with Crippen molar-refractivity contribution in [1.29, 1.82) is 0 Å². The lowest BCUT2D eigenvalue weighted by molar-refractivity contribution is 0.0567. The van der Waals surface area contributed by atoms with Crippen LogP contribution in [0.25, 0.3) is 0 Å². The van der Waals surface area contributed by atoms with Crippen molar-refractivity contribution in [1.82, 2.24) is 0 Å². The zero-order chi connectivity index (χ0) is 10.6. The van der Waals surface area contributed by atoms with E-state index in [1.807, 2.05) is 0 Å². The van der Waals surface area contributed by atoms with Gasteiger partial charge in [0.05, 0.1) is 6.10 Å². The van der Waals surface area contributed by atoms with Gasteiger partial charge in [0.15, 0.2) is 0 Å². The van der Waals surface area contributed by atoms with Crippen molar-refractivity contribution in [2.75, 3.05) is 12.4 Å². The van der Waals surface area contributed by atoms with Gasteiger partial charge in [0, 0.05) is 6.61 Å². The molecular formula is C12H26OS. The quantitative estimate of drug-likeness (QED) is 0.429. The summed E-state index contributed by atoms with van der Waals surface area (Å²) in [6.45, 7) is 5.35. The van der Waals surface area contributed by atoms with Crippen LogP contribution in [0.15, 0.2) is 0 Å². The van der Waals surface area contributed by atoms with E-state index in [1.165, 1.54) is 38.5 Å². The summed E-state index contributed by atoms with van der Waals surface area (Å²) in [6.07, 6.45) is 9.37. The molecule has 0 aromatic heterocycles. The highest BCUT2D eigenvalue weighted by atomic mass is 32.1. The molecule has 2 heteroatoms. The van der Waals surface area contributed by atoms with Crippen molar-refractivity contribution in [2.45, 2.75) is 64.9 Å². The average molecular weight is 218 g/mol. The maximum absolute atomic E-state index is 5.69. The van der Waals surface area contributed by atoms with Crippen LogP contribution >= 0.6 is 12.6 Å². The molecule has 0 saturated heterocycles. The Morgan fingerprint density at radius 3 is 2.50 bits per heavy atom. The molecule has 0 rings (SSSR count). The predicted octanol–water partition coefficient (Wildman–Crippen LogP) is 4.07. The van der Waals surface area contributed by atoms with Gasteiger partial charge in [-0.05, 0) is 31.9 Å². The van der Waals surface area contributed by atoms with E-state index in [-0.39, 0.29) is 0 Å². The molecule has 1 unspecified atom stereocenters. The van der Waals surface area contributed by atoms with Crippen molar-refractivity contribution >= 4 is 12.6 Å². The van der Waals surface area contributed by atoms with E-state index in [2.05, 4.69) is 26.5 Å². The van der Waals surface area contributed by atoms with E-state index < -0.39 is 0 Å². The number of ether oxygens (including phenoxy) is 1.